The molecular formula is C17H23ClN2. The molecule has 1 aromatic carbocycles. The summed E-state index contributed by atoms with van der Waals surface area (Å²) in [4.78, 5) is 2.35. The van der Waals surface area contributed by atoms with Gasteiger partial charge in [0.2, 0.25) is 0 Å². The van der Waals surface area contributed by atoms with Crippen LogP contribution in [-0.4, -0.2) is 13.1 Å². The second-order valence-electron chi connectivity index (χ2n) is 6.72. The van der Waals surface area contributed by atoms with E-state index in [1.807, 2.05) is 18.2 Å². The molecule has 20 heavy (non-hydrogen) atoms. The lowest BCUT2D eigenvalue weighted by Gasteiger charge is -2.40. The van der Waals surface area contributed by atoms with Gasteiger partial charge in [0.05, 0.1) is 11.3 Å². The third kappa shape index (κ3) is 3.27. The van der Waals surface area contributed by atoms with E-state index in [0.29, 0.717) is 11.3 Å². The summed E-state index contributed by atoms with van der Waals surface area (Å²) < 4.78 is 0. The van der Waals surface area contributed by atoms with Crippen molar-refractivity contribution in [3.05, 3.63) is 29.3 Å². The van der Waals surface area contributed by atoms with Gasteiger partial charge in [-0.15, -0.1) is 11.6 Å². The summed E-state index contributed by atoms with van der Waals surface area (Å²) in [6, 6.07) is 8.30. The fraction of sp³-hybridized carbons (Fsp3) is 0.588. The van der Waals surface area contributed by atoms with E-state index in [1.54, 1.807) is 0 Å². The van der Waals surface area contributed by atoms with Crippen LogP contribution in [0.5, 0.6) is 0 Å². The molecule has 0 bridgehead atoms. The van der Waals surface area contributed by atoms with E-state index >= 15 is 0 Å². The Labute approximate surface area is 127 Å². The third-order valence-electron chi connectivity index (χ3n) is 4.40. The van der Waals surface area contributed by atoms with Crippen molar-refractivity contribution in [2.45, 2.75) is 39.5 Å². The maximum Gasteiger partial charge on any atom is 0.101 e. The van der Waals surface area contributed by atoms with Gasteiger partial charge in [-0.2, -0.15) is 5.26 Å². The van der Waals surface area contributed by atoms with Crippen molar-refractivity contribution in [3.63, 3.8) is 0 Å². The fourth-order valence-electron chi connectivity index (χ4n) is 3.02. The van der Waals surface area contributed by atoms with Crippen molar-refractivity contribution >= 4 is 17.3 Å². The minimum absolute atomic E-state index is 0.382. The number of nitriles is 1. The molecule has 0 unspecified atom stereocenters. The van der Waals surface area contributed by atoms with Crippen LogP contribution < -0.4 is 4.90 Å². The summed E-state index contributed by atoms with van der Waals surface area (Å²) in [5.74, 6) is 1.23. The van der Waals surface area contributed by atoms with Crippen LogP contribution in [-0.2, 0) is 5.88 Å². The lowest BCUT2D eigenvalue weighted by molar-refractivity contribution is 0.199. The molecule has 0 atom stereocenters. The van der Waals surface area contributed by atoms with Gasteiger partial charge in [0.1, 0.15) is 6.07 Å². The number of halogens is 1. The number of alkyl halides is 1. The second-order valence-corrected chi connectivity index (χ2v) is 6.99. The van der Waals surface area contributed by atoms with Crippen molar-refractivity contribution in [1.29, 1.82) is 5.26 Å². The van der Waals surface area contributed by atoms with E-state index in [1.165, 1.54) is 12.8 Å². The maximum atomic E-state index is 9.33. The van der Waals surface area contributed by atoms with Gasteiger partial charge in [0.25, 0.3) is 0 Å². The monoisotopic (exact) mass is 290 g/mol. The zero-order chi connectivity index (χ0) is 14.8. The summed E-state index contributed by atoms with van der Waals surface area (Å²) in [6.45, 7) is 9.05. The minimum Gasteiger partial charge on any atom is -0.370 e. The molecule has 1 fully saturated rings. The number of rotatable bonds is 2. The van der Waals surface area contributed by atoms with Crippen molar-refractivity contribution < 1.29 is 0 Å². The first-order valence-corrected chi connectivity index (χ1v) is 7.83. The second kappa shape index (κ2) is 6.06. The van der Waals surface area contributed by atoms with E-state index in [-0.39, 0.29) is 0 Å². The van der Waals surface area contributed by atoms with Gasteiger partial charge in [-0.05, 0) is 41.9 Å². The van der Waals surface area contributed by atoms with E-state index in [9.17, 15) is 5.26 Å². The Morgan fingerprint density at radius 1 is 1.30 bits per heavy atom. The molecule has 2 rings (SSSR count). The van der Waals surface area contributed by atoms with Gasteiger partial charge < -0.3 is 4.90 Å². The van der Waals surface area contributed by atoms with Gasteiger partial charge in [0, 0.05) is 19.0 Å². The highest BCUT2D eigenvalue weighted by Crippen LogP contribution is 2.36. The molecule has 0 N–H and O–H groups in total. The molecule has 2 nitrogen and oxygen atoms in total. The van der Waals surface area contributed by atoms with Crippen LogP contribution in [0, 0.1) is 22.7 Å². The van der Waals surface area contributed by atoms with Gasteiger partial charge in [-0.1, -0.05) is 26.8 Å². The average molecular weight is 291 g/mol. The number of piperidine rings is 1. The molecular weight excluding hydrogens is 268 g/mol. The van der Waals surface area contributed by atoms with E-state index < -0.39 is 0 Å². The summed E-state index contributed by atoms with van der Waals surface area (Å²) in [7, 11) is 0. The predicted octanol–water partition coefficient (Wildman–Crippen LogP) is 4.56. The molecule has 108 valence electrons. The number of benzene rings is 1. The van der Waals surface area contributed by atoms with Crippen LogP contribution in [0.4, 0.5) is 5.69 Å². The maximum absolute atomic E-state index is 9.33. The van der Waals surface area contributed by atoms with Crippen molar-refractivity contribution in [2.24, 2.45) is 11.3 Å². The topological polar surface area (TPSA) is 27.0 Å². The molecule has 0 saturated carbocycles. The van der Waals surface area contributed by atoms with Crippen molar-refractivity contribution in [3.8, 4) is 6.07 Å². The summed E-state index contributed by atoms with van der Waals surface area (Å²) >= 11 is 5.84. The van der Waals surface area contributed by atoms with Crippen molar-refractivity contribution in [1.82, 2.24) is 0 Å². The molecule has 0 radical (unpaired) electrons. The Bertz CT molecular complexity index is 503. The summed E-state index contributed by atoms with van der Waals surface area (Å²) in [6.07, 6.45) is 2.40. The van der Waals surface area contributed by atoms with Gasteiger partial charge >= 0.3 is 0 Å². The van der Waals surface area contributed by atoms with Crippen LogP contribution in [0.15, 0.2) is 18.2 Å². The fourth-order valence-corrected chi connectivity index (χ4v) is 3.18. The Morgan fingerprint density at radius 2 is 1.95 bits per heavy atom. The SMILES string of the molecule is CC(C)(C)C1CCN(c2ccc(CCl)cc2C#N)CC1. The first-order chi connectivity index (χ1) is 9.45. The smallest absolute Gasteiger partial charge is 0.101 e. The van der Waals surface area contributed by atoms with Gasteiger partial charge in [-0.3, -0.25) is 0 Å². The third-order valence-corrected chi connectivity index (χ3v) is 4.70. The largest absolute Gasteiger partial charge is 0.370 e. The Balaban J connectivity index is 2.13. The molecule has 1 aliphatic heterocycles. The molecule has 0 spiro atoms. The Kier molecular flexibility index (Phi) is 4.60. The van der Waals surface area contributed by atoms with E-state index in [0.717, 1.165) is 35.8 Å². The standard InChI is InChI=1S/C17H23ClN2/c1-17(2,3)15-6-8-20(9-7-15)16-5-4-13(11-18)10-14(16)12-19/h4-5,10,15H,6-9,11H2,1-3H3. The molecule has 1 aliphatic rings. The van der Waals surface area contributed by atoms with Crippen LogP contribution >= 0.6 is 11.6 Å². The number of nitrogens with zero attached hydrogens (tertiary/aromatic N) is 2. The normalized spacial score (nSPS) is 17.1. The average Bonchev–Trinajstić information content (AvgIpc) is 2.45. The Hall–Kier alpha value is -1.20. The lowest BCUT2D eigenvalue weighted by atomic mass is 9.75. The summed E-state index contributed by atoms with van der Waals surface area (Å²) in [5.41, 5.74) is 3.20. The highest BCUT2D eigenvalue weighted by molar-refractivity contribution is 6.17. The molecule has 1 saturated heterocycles. The van der Waals surface area contributed by atoms with Gasteiger partial charge in [-0.25, -0.2) is 0 Å². The zero-order valence-electron chi connectivity index (χ0n) is 12.6. The molecule has 3 heteroatoms. The number of hydrogen-bond acceptors (Lipinski definition) is 2. The first-order valence-electron chi connectivity index (χ1n) is 7.29. The van der Waals surface area contributed by atoms with Crippen LogP contribution in [0.2, 0.25) is 0 Å². The number of anilines is 1. The molecule has 0 aliphatic carbocycles. The first kappa shape index (κ1) is 15.2. The van der Waals surface area contributed by atoms with Crippen LogP contribution in [0.1, 0.15) is 44.7 Å². The molecule has 1 aromatic rings. The van der Waals surface area contributed by atoms with E-state index in [2.05, 4.69) is 31.7 Å². The Morgan fingerprint density at radius 3 is 2.45 bits per heavy atom. The van der Waals surface area contributed by atoms with Gasteiger partial charge in [0.15, 0.2) is 0 Å². The zero-order valence-corrected chi connectivity index (χ0v) is 13.4. The highest BCUT2D eigenvalue weighted by atomic mass is 35.5. The predicted molar refractivity (Wildman–Crippen MR) is 85.1 cm³/mol. The molecule has 0 amide bonds. The highest BCUT2D eigenvalue weighted by Gasteiger charge is 2.29. The quantitative estimate of drug-likeness (QED) is 0.747. The van der Waals surface area contributed by atoms with E-state index in [4.69, 9.17) is 11.6 Å². The molecule has 0 aromatic heterocycles. The van der Waals surface area contributed by atoms with Crippen molar-refractivity contribution in [2.75, 3.05) is 18.0 Å². The number of hydrogen-bond donors (Lipinski definition) is 0. The lowest BCUT2D eigenvalue weighted by Crippen LogP contribution is -2.38. The molecule has 1 heterocycles. The van der Waals surface area contributed by atoms with Crippen LogP contribution in [0.25, 0.3) is 0 Å². The minimum atomic E-state index is 0.382. The van der Waals surface area contributed by atoms with Crippen LogP contribution in [0.3, 0.4) is 0 Å². The summed E-state index contributed by atoms with van der Waals surface area (Å²) in [5, 5.41) is 9.33.